The molecule has 1 aromatic heterocycles. The van der Waals surface area contributed by atoms with Gasteiger partial charge in [-0.05, 0) is 80.8 Å². The first-order valence-electron chi connectivity index (χ1n) is 13.5. The number of nitrogens with one attached hydrogen (secondary N) is 1. The Morgan fingerprint density at radius 1 is 0.923 bits per heavy atom. The molecule has 0 spiro atoms. The number of hydrogen-bond donors (Lipinski definition) is 1. The summed E-state index contributed by atoms with van der Waals surface area (Å²) in [6.45, 7) is 4.56. The predicted molar refractivity (Wildman–Crippen MR) is 153 cm³/mol. The maximum absolute atomic E-state index is 14.2. The molecule has 0 bridgehead atoms. The summed E-state index contributed by atoms with van der Waals surface area (Å²) in [5.74, 6) is 0.634. The number of aromatic nitrogens is 1. The number of nitrogens with zero attached hydrogens (tertiary/aromatic N) is 3. The minimum atomic E-state index is -0.307. The quantitative estimate of drug-likeness (QED) is 0.310. The van der Waals surface area contributed by atoms with E-state index in [4.69, 9.17) is 4.74 Å². The lowest BCUT2D eigenvalue weighted by molar-refractivity contribution is -0.119. The van der Waals surface area contributed by atoms with E-state index in [1.807, 2.05) is 72.6 Å². The average molecular weight is 521 g/mol. The molecule has 0 saturated heterocycles. The summed E-state index contributed by atoms with van der Waals surface area (Å²) in [4.78, 5) is 31.2. The minimum Gasteiger partial charge on any atom is -0.494 e. The lowest BCUT2D eigenvalue weighted by Gasteiger charge is -2.39. The number of carbonyl (C=O) groups excluding carboxylic acids is 2. The van der Waals surface area contributed by atoms with Gasteiger partial charge in [0.1, 0.15) is 18.3 Å². The number of para-hydroxylation sites is 2. The monoisotopic (exact) mass is 520 g/mol. The molecule has 1 fully saturated rings. The molecule has 7 heteroatoms. The Balaban J connectivity index is 1.31. The summed E-state index contributed by atoms with van der Waals surface area (Å²) in [6, 6.07) is 27.1. The normalized spacial score (nSPS) is 15.7. The molecule has 1 aliphatic carbocycles. The Kier molecular flexibility index (Phi) is 6.57. The average Bonchev–Trinajstić information content (AvgIpc) is 3.67. The van der Waals surface area contributed by atoms with Crippen LogP contribution in [0.4, 0.5) is 16.2 Å². The molecule has 1 N–H and O–H groups in total. The summed E-state index contributed by atoms with van der Waals surface area (Å²) in [5, 5.41) is 2.98. The number of aryl methyl sites for hydroxylation is 1. The van der Waals surface area contributed by atoms with Gasteiger partial charge >= 0.3 is 6.03 Å². The van der Waals surface area contributed by atoms with Crippen molar-refractivity contribution in [1.29, 1.82) is 0 Å². The van der Waals surface area contributed by atoms with Crippen LogP contribution in [0.5, 0.6) is 5.75 Å². The van der Waals surface area contributed by atoms with Gasteiger partial charge in [-0.1, -0.05) is 42.0 Å². The first-order valence-corrected chi connectivity index (χ1v) is 13.5. The topological polar surface area (TPSA) is 66.8 Å². The van der Waals surface area contributed by atoms with Crippen LogP contribution in [-0.2, 0) is 4.79 Å². The van der Waals surface area contributed by atoms with Crippen molar-refractivity contribution in [2.24, 2.45) is 0 Å². The van der Waals surface area contributed by atoms with E-state index in [1.165, 1.54) is 0 Å². The third-order valence-electron chi connectivity index (χ3n) is 7.35. The van der Waals surface area contributed by atoms with Gasteiger partial charge in [0.2, 0.25) is 5.91 Å². The van der Waals surface area contributed by atoms with Gasteiger partial charge in [-0.25, -0.2) is 4.79 Å². The number of amides is 3. The highest BCUT2D eigenvalue weighted by atomic mass is 16.5. The number of benzene rings is 3. The van der Waals surface area contributed by atoms with Crippen LogP contribution in [-0.4, -0.2) is 40.6 Å². The van der Waals surface area contributed by atoms with Crippen LogP contribution in [0.25, 0.3) is 5.69 Å². The van der Waals surface area contributed by atoms with Crippen LogP contribution in [0.15, 0.2) is 91.1 Å². The lowest BCUT2D eigenvalue weighted by atomic mass is 9.97. The van der Waals surface area contributed by atoms with Crippen LogP contribution < -0.4 is 15.0 Å². The molecule has 6 rings (SSSR count). The molecule has 2 aliphatic rings. The van der Waals surface area contributed by atoms with Gasteiger partial charge in [0.05, 0.1) is 23.7 Å². The fourth-order valence-electron chi connectivity index (χ4n) is 5.30. The highest BCUT2D eigenvalue weighted by Gasteiger charge is 2.40. The van der Waals surface area contributed by atoms with E-state index in [1.54, 1.807) is 4.90 Å². The second-order valence-corrected chi connectivity index (χ2v) is 10.1. The molecule has 1 atom stereocenters. The van der Waals surface area contributed by atoms with E-state index in [0.717, 1.165) is 46.8 Å². The second-order valence-electron chi connectivity index (χ2n) is 10.1. The summed E-state index contributed by atoms with van der Waals surface area (Å²) >= 11 is 0. The standard InChI is InChI=1S/C32H32N4O3/c1-3-39-26-18-14-24(15-19-26)33-32(38)35(25-16-17-25)21-30(37)36-28-8-5-4-7-27(28)34-20-6-9-29(34)31(36)23-12-10-22(2)11-13-23/h4-15,18-20,25,31H,3,16-17,21H2,1-2H3,(H,33,38). The maximum Gasteiger partial charge on any atom is 0.322 e. The smallest absolute Gasteiger partial charge is 0.322 e. The zero-order valence-electron chi connectivity index (χ0n) is 22.2. The molecule has 1 aliphatic heterocycles. The number of ether oxygens (including phenoxy) is 1. The summed E-state index contributed by atoms with van der Waals surface area (Å²) in [7, 11) is 0. The molecule has 3 aromatic carbocycles. The van der Waals surface area contributed by atoms with Gasteiger partial charge in [0.15, 0.2) is 0 Å². The van der Waals surface area contributed by atoms with Gasteiger partial charge in [-0.2, -0.15) is 0 Å². The highest BCUT2D eigenvalue weighted by Crippen LogP contribution is 2.42. The molecule has 3 amide bonds. The van der Waals surface area contributed by atoms with Crippen LogP contribution in [0.1, 0.15) is 42.6 Å². The van der Waals surface area contributed by atoms with E-state index in [9.17, 15) is 9.59 Å². The zero-order valence-corrected chi connectivity index (χ0v) is 22.2. The van der Waals surface area contributed by atoms with Crippen molar-refractivity contribution in [2.75, 3.05) is 23.4 Å². The van der Waals surface area contributed by atoms with Gasteiger partial charge in [0.25, 0.3) is 0 Å². The zero-order chi connectivity index (χ0) is 26.9. The number of hydrogen-bond acceptors (Lipinski definition) is 3. The molecule has 1 saturated carbocycles. The van der Waals surface area contributed by atoms with Crippen molar-refractivity contribution in [3.05, 3.63) is 108 Å². The molecule has 198 valence electrons. The largest absolute Gasteiger partial charge is 0.494 e. The summed E-state index contributed by atoms with van der Waals surface area (Å²) < 4.78 is 7.66. The number of rotatable bonds is 7. The maximum atomic E-state index is 14.2. The number of fused-ring (bicyclic) bond motifs is 3. The molecule has 7 nitrogen and oxygen atoms in total. The van der Waals surface area contributed by atoms with E-state index in [-0.39, 0.29) is 30.6 Å². The fraction of sp³-hybridized carbons (Fsp3) is 0.250. The Morgan fingerprint density at radius 3 is 2.33 bits per heavy atom. The Hall–Kier alpha value is -4.52. The van der Waals surface area contributed by atoms with Crippen LogP contribution in [0.3, 0.4) is 0 Å². The first kappa shape index (κ1) is 24.8. The van der Waals surface area contributed by atoms with E-state index in [2.05, 4.69) is 47.1 Å². The van der Waals surface area contributed by atoms with E-state index in [0.29, 0.717) is 12.3 Å². The Bertz CT molecular complexity index is 1490. The molecule has 39 heavy (non-hydrogen) atoms. The van der Waals surface area contributed by atoms with Crippen LogP contribution >= 0.6 is 0 Å². The van der Waals surface area contributed by atoms with Gasteiger partial charge in [-0.3, -0.25) is 9.69 Å². The predicted octanol–water partition coefficient (Wildman–Crippen LogP) is 6.32. The van der Waals surface area contributed by atoms with E-state index >= 15 is 0 Å². The fourth-order valence-corrected chi connectivity index (χ4v) is 5.30. The minimum absolute atomic E-state index is 0.00899. The Labute approximate surface area is 228 Å². The molecule has 0 radical (unpaired) electrons. The first-order chi connectivity index (χ1) is 19.0. The molecular formula is C32H32N4O3. The van der Waals surface area contributed by atoms with Crippen molar-refractivity contribution in [1.82, 2.24) is 9.47 Å². The van der Waals surface area contributed by atoms with Crippen molar-refractivity contribution < 1.29 is 14.3 Å². The third-order valence-corrected chi connectivity index (χ3v) is 7.35. The third kappa shape index (κ3) is 4.88. The van der Waals surface area contributed by atoms with Crippen LogP contribution in [0, 0.1) is 6.92 Å². The van der Waals surface area contributed by atoms with Gasteiger partial charge in [-0.15, -0.1) is 0 Å². The van der Waals surface area contributed by atoms with Crippen molar-refractivity contribution in [3.63, 3.8) is 0 Å². The SMILES string of the molecule is CCOc1ccc(NC(=O)N(CC(=O)N2c3ccccc3-n3cccc3C2c2ccc(C)cc2)C2CC2)cc1. The molecule has 1 unspecified atom stereocenters. The van der Waals surface area contributed by atoms with Crippen molar-refractivity contribution in [3.8, 4) is 11.4 Å². The molecule has 4 aromatic rings. The van der Waals surface area contributed by atoms with Crippen molar-refractivity contribution >= 4 is 23.3 Å². The van der Waals surface area contributed by atoms with Gasteiger partial charge in [0, 0.05) is 17.9 Å². The molecule has 2 heterocycles. The Morgan fingerprint density at radius 2 is 1.64 bits per heavy atom. The summed E-state index contributed by atoms with van der Waals surface area (Å²) in [5.41, 5.74) is 5.66. The van der Waals surface area contributed by atoms with Crippen LogP contribution in [0.2, 0.25) is 0 Å². The van der Waals surface area contributed by atoms with E-state index < -0.39 is 0 Å². The van der Waals surface area contributed by atoms with Gasteiger partial charge < -0.3 is 19.5 Å². The number of anilines is 2. The highest BCUT2D eigenvalue weighted by molar-refractivity contribution is 6.01. The summed E-state index contributed by atoms with van der Waals surface area (Å²) in [6.07, 6.45) is 3.83. The van der Waals surface area contributed by atoms with Crippen molar-refractivity contribution in [2.45, 2.75) is 38.8 Å². The molecular weight excluding hydrogens is 488 g/mol. The number of carbonyl (C=O) groups is 2. The lowest BCUT2D eigenvalue weighted by Crippen LogP contribution is -2.48. The number of urea groups is 1. The second kappa shape index (κ2) is 10.3.